The van der Waals surface area contributed by atoms with Crippen LogP contribution in [0.3, 0.4) is 0 Å². The Kier molecular flexibility index (Phi) is 13.8. The number of carbonyl (C=O) groups is 4. The number of aliphatic carboxylic acids is 2. The summed E-state index contributed by atoms with van der Waals surface area (Å²) in [5.74, 6) is -3.04. The molecule has 0 aromatic rings. The molecule has 10 heteroatoms. The summed E-state index contributed by atoms with van der Waals surface area (Å²) in [4.78, 5) is 46.1. The molecule has 0 saturated carbocycles. The van der Waals surface area contributed by atoms with Gasteiger partial charge in [0, 0.05) is 20.1 Å². The molecule has 0 radical (unpaired) electrons. The zero-order valence-corrected chi connectivity index (χ0v) is 22.0. The lowest BCUT2D eigenvalue weighted by Crippen LogP contribution is -2.40. The molecule has 0 heterocycles. The van der Waals surface area contributed by atoms with E-state index in [0.717, 1.165) is 0 Å². The molecule has 0 unspecified atom stereocenters. The van der Waals surface area contributed by atoms with Gasteiger partial charge in [-0.25, -0.2) is 9.59 Å². The fourth-order valence-electron chi connectivity index (χ4n) is 2.40. The lowest BCUT2D eigenvalue weighted by Gasteiger charge is -2.27. The number of carbonyl (C=O) groups excluding carboxylic acids is 2. The van der Waals surface area contributed by atoms with Crippen LogP contribution in [0.4, 0.5) is 9.59 Å². The predicted molar refractivity (Wildman–Crippen MR) is 125 cm³/mol. The first-order chi connectivity index (χ1) is 14.7. The molecule has 194 valence electrons. The predicted octanol–water partition coefficient (Wildman–Crippen LogP) is 4.08. The SMILES string of the molecule is CC(C)[C@@H](CN(C)C(=O)OC(C)(C)C)C(=O)O.CC(C)[C@@H](CNC(=O)OC(C)(C)C)C(=O)O. The highest BCUT2D eigenvalue weighted by Crippen LogP contribution is 2.15. The molecule has 2 atom stereocenters. The van der Waals surface area contributed by atoms with Crippen molar-refractivity contribution in [1.29, 1.82) is 0 Å². The van der Waals surface area contributed by atoms with Crippen LogP contribution >= 0.6 is 0 Å². The lowest BCUT2D eigenvalue weighted by molar-refractivity contribution is -0.144. The second-order valence-corrected chi connectivity index (χ2v) is 10.6. The Hall–Kier alpha value is -2.52. The van der Waals surface area contributed by atoms with Crippen molar-refractivity contribution < 1.29 is 38.9 Å². The van der Waals surface area contributed by atoms with Crippen LogP contribution < -0.4 is 5.32 Å². The standard InChI is InChI=1S/C12H23NO4.C11H21NO4/c1-8(2)9(10(14)15)7-13(6)11(16)17-12(3,4)5;1-7(2)8(9(13)14)6-12-10(15)16-11(3,4)5/h8-9H,7H2,1-6H3,(H,14,15);7-8H,6H2,1-5H3,(H,12,15)(H,13,14)/t9-;8-/m11/s1. The van der Waals surface area contributed by atoms with Gasteiger partial charge in [-0.1, -0.05) is 27.7 Å². The number of alkyl carbamates (subject to hydrolysis) is 1. The van der Waals surface area contributed by atoms with Crippen molar-refractivity contribution in [1.82, 2.24) is 10.2 Å². The Morgan fingerprint density at radius 2 is 1.18 bits per heavy atom. The smallest absolute Gasteiger partial charge is 0.410 e. The van der Waals surface area contributed by atoms with Crippen molar-refractivity contribution in [2.45, 2.75) is 80.4 Å². The molecule has 3 N–H and O–H groups in total. The van der Waals surface area contributed by atoms with E-state index in [1.54, 1.807) is 62.4 Å². The van der Waals surface area contributed by atoms with E-state index in [1.807, 2.05) is 13.8 Å². The molecule has 33 heavy (non-hydrogen) atoms. The van der Waals surface area contributed by atoms with Crippen molar-refractivity contribution in [2.24, 2.45) is 23.7 Å². The van der Waals surface area contributed by atoms with Gasteiger partial charge in [0.15, 0.2) is 0 Å². The highest BCUT2D eigenvalue weighted by atomic mass is 16.6. The molecule has 0 aromatic carbocycles. The number of amides is 2. The maximum absolute atomic E-state index is 11.7. The summed E-state index contributed by atoms with van der Waals surface area (Å²) in [7, 11) is 1.55. The minimum absolute atomic E-state index is 0.0302. The fourth-order valence-corrected chi connectivity index (χ4v) is 2.40. The largest absolute Gasteiger partial charge is 0.481 e. The minimum atomic E-state index is -0.911. The summed E-state index contributed by atoms with van der Waals surface area (Å²) in [5, 5.41) is 20.4. The molecule has 0 aliphatic rings. The van der Waals surface area contributed by atoms with Gasteiger partial charge in [-0.3, -0.25) is 9.59 Å². The molecule has 2 amide bonds. The topological polar surface area (TPSA) is 142 Å². The van der Waals surface area contributed by atoms with Gasteiger partial charge in [0.2, 0.25) is 0 Å². The second kappa shape index (κ2) is 13.9. The summed E-state index contributed by atoms with van der Waals surface area (Å²) < 4.78 is 10.2. The quantitative estimate of drug-likeness (QED) is 0.476. The molecule has 0 aliphatic heterocycles. The highest BCUT2D eigenvalue weighted by Gasteiger charge is 2.27. The summed E-state index contributed by atoms with van der Waals surface area (Å²) in [5.41, 5.74) is -1.14. The summed E-state index contributed by atoms with van der Waals surface area (Å²) in [6.45, 7) is 18.1. The van der Waals surface area contributed by atoms with E-state index in [9.17, 15) is 19.2 Å². The number of carboxylic acid groups (broad SMARTS) is 2. The van der Waals surface area contributed by atoms with E-state index in [-0.39, 0.29) is 24.9 Å². The molecule has 0 aromatic heterocycles. The van der Waals surface area contributed by atoms with E-state index in [4.69, 9.17) is 19.7 Å². The van der Waals surface area contributed by atoms with Gasteiger partial charge in [0.05, 0.1) is 11.8 Å². The number of nitrogens with one attached hydrogen (secondary N) is 1. The maximum atomic E-state index is 11.7. The van der Waals surface area contributed by atoms with E-state index >= 15 is 0 Å². The number of rotatable bonds is 8. The first kappa shape index (κ1) is 32.7. The van der Waals surface area contributed by atoms with Crippen LogP contribution in [0.5, 0.6) is 0 Å². The van der Waals surface area contributed by atoms with Crippen LogP contribution in [-0.4, -0.2) is 70.6 Å². The van der Waals surface area contributed by atoms with Gasteiger partial charge in [0.1, 0.15) is 11.2 Å². The van der Waals surface area contributed by atoms with E-state index in [1.165, 1.54) is 4.90 Å². The van der Waals surface area contributed by atoms with Crippen molar-refractivity contribution in [2.75, 3.05) is 20.1 Å². The van der Waals surface area contributed by atoms with Gasteiger partial charge in [0.25, 0.3) is 0 Å². The number of nitrogens with zero attached hydrogens (tertiary/aromatic N) is 1. The monoisotopic (exact) mass is 476 g/mol. The number of hydrogen-bond acceptors (Lipinski definition) is 6. The average molecular weight is 477 g/mol. The Balaban J connectivity index is 0. The van der Waals surface area contributed by atoms with Crippen molar-refractivity contribution >= 4 is 24.1 Å². The second-order valence-electron chi connectivity index (χ2n) is 10.6. The van der Waals surface area contributed by atoms with E-state index < -0.39 is 47.2 Å². The maximum Gasteiger partial charge on any atom is 0.410 e. The van der Waals surface area contributed by atoms with Crippen molar-refractivity contribution in [3.8, 4) is 0 Å². The van der Waals surface area contributed by atoms with E-state index in [0.29, 0.717) is 0 Å². The average Bonchev–Trinajstić information content (AvgIpc) is 2.55. The van der Waals surface area contributed by atoms with Gasteiger partial charge in [-0.05, 0) is 53.4 Å². The molecule has 0 spiro atoms. The molecule has 0 saturated heterocycles. The third kappa shape index (κ3) is 16.7. The van der Waals surface area contributed by atoms with Crippen LogP contribution in [0, 0.1) is 23.7 Å². The minimum Gasteiger partial charge on any atom is -0.481 e. The summed E-state index contributed by atoms with van der Waals surface area (Å²) >= 11 is 0. The number of carboxylic acids is 2. The van der Waals surface area contributed by atoms with Crippen molar-refractivity contribution in [3.05, 3.63) is 0 Å². The van der Waals surface area contributed by atoms with Crippen LogP contribution in [0.2, 0.25) is 0 Å². The normalized spacial score (nSPS) is 13.4. The highest BCUT2D eigenvalue weighted by molar-refractivity contribution is 5.73. The Labute approximate surface area is 198 Å². The van der Waals surface area contributed by atoms with Gasteiger partial charge >= 0.3 is 24.1 Å². The molecule has 0 rings (SSSR count). The summed E-state index contributed by atoms with van der Waals surface area (Å²) in [6, 6.07) is 0. The molecular weight excluding hydrogens is 432 g/mol. The first-order valence-electron chi connectivity index (χ1n) is 11.0. The van der Waals surface area contributed by atoms with E-state index in [2.05, 4.69) is 5.32 Å². The van der Waals surface area contributed by atoms with Crippen LogP contribution in [-0.2, 0) is 19.1 Å². The zero-order chi connectivity index (χ0) is 26.7. The lowest BCUT2D eigenvalue weighted by atomic mass is 9.96. The van der Waals surface area contributed by atoms with Gasteiger partial charge < -0.3 is 29.9 Å². The van der Waals surface area contributed by atoms with Crippen LogP contribution in [0.1, 0.15) is 69.2 Å². The molecular formula is C23H44N2O8. The van der Waals surface area contributed by atoms with Crippen LogP contribution in [0.15, 0.2) is 0 Å². The Morgan fingerprint density at radius 1 is 0.788 bits per heavy atom. The number of hydrogen-bond donors (Lipinski definition) is 3. The third-order valence-corrected chi connectivity index (χ3v) is 4.28. The van der Waals surface area contributed by atoms with Gasteiger partial charge in [-0.15, -0.1) is 0 Å². The molecule has 10 nitrogen and oxygen atoms in total. The molecule has 0 aliphatic carbocycles. The Bertz CT molecular complexity index is 648. The molecule has 0 bridgehead atoms. The molecule has 0 fully saturated rings. The first-order valence-corrected chi connectivity index (χ1v) is 11.0. The Morgan fingerprint density at radius 3 is 1.48 bits per heavy atom. The number of ether oxygens (including phenoxy) is 2. The van der Waals surface area contributed by atoms with Crippen LogP contribution in [0.25, 0.3) is 0 Å². The summed E-state index contributed by atoms with van der Waals surface area (Å²) in [6.07, 6.45) is -1.08. The third-order valence-electron chi connectivity index (χ3n) is 4.28. The zero-order valence-electron chi connectivity index (χ0n) is 22.0. The van der Waals surface area contributed by atoms with Gasteiger partial charge in [-0.2, -0.15) is 0 Å². The fraction of sp³-hybridized carbons (Fsp3) is 0.826. The van der Waals surface area contributed by atoms with Crippen molar-refractivity contribution in [3.63, 3.8) is 0 Å².